The molecule has 0 bridgehead atoms. The molecule has 0 aliphatic heterocycles. The highest BCUT2D eigenvalue weighted by Gasteiger charge is 2.19. The van der Waals surface area contributed by atoms with E-state index >= 15 is 0 Å². The Morgan fingerprint density at radius 3 is 2.74 bits per heavy atom. The highest BCUT2D eigenvalue weighted by molar-refractivity contribution is 7.99. The van der Waals surface area contributed by atoms with E-state index in [1.807, 2.05) is 6.92 Å². The summed E-state index contributed by atoms with van der Waals surface area (Å²) < 4.78 is 38.3. The monoisotopic (exact) mass is 412 g/mol. The number of nitrogens with zero attached hydrogens (tertiary/aromatic N) is 4. The summed E-state index contributed by atoms with van der Waals surface area (Å²) in [6.07, 6.45) is -1.44. The van der Waals surface area contributed by atoms with Crippen LogP contribution in [0.3, 0.4) is 0 Å². The molecule has 6 nitrogen and oxygen atoms in total. The van der Waals surface area contributed by atoms with Gasteiger partial charge in [0, 0.05) is 5.02 Å². The van der Waals surface area contributed by atoms with E-state index < -0.39 is 12.2 Å². The van der Waals surface area contributed by atoms with Crippen LogP contribution in [-0.2, 0) is 6.61 Å². The van der Waals surface area contributed by atoms with Gasteiger partial charge in [0.1, 0.15) is 23.9 Å². The normalized spacial score (nSPS) is 11.6. The van der Waals surface area contributed by atoms with Gasteiger partial charge < -0.3 is 9.15 Å². The number of thioether (sulfide) groups is 1. The molecule has 142 valence electrons. The molecule has 2 aromatic heterocycles. The second-order valence-electron chi connectivity index (χ2n) is 5.18. The van der Waals surface area contributed by atoms with Gasteiger partial charge in [0.15, 0.2) is 0 Å². The van der Waals surface area contributed by atoms with Crippen molar-refractivity contribution >= 4 is 29.6 Å². The molecular formula is C17H15ClF2N4O2S. The Balaban J connectivity index is 1.68. The van der Waals surface area contributed by atoms with Gasteiger partial charge in [0.05, 0.1) is 6.21 Å². The third-order valence-electron chi connectivity index (χ3n) is 3.28. The van der Waals surface area contributed by atoms with Crippen molar-refractivity contribution in [2.24, 2.45) is 5.10 Å². The van der Waals surface area contributed by atoms with Crippen molar-refractivity contribution in [2.75, 3.05) is 5.75 Å². The third-order valence-corrected chi connectivity index (χ3v) is 4.34. The van der Waals surface area contributed by atoms with Gasteiger partial charge >= 0.3 is 0 Å². The third kappa shape index (κ3) is 5.08. The van der Waals surface area contributed by atoms with Crippen LogP contribution in [-0.4, -0.2) is 26.8 Å². The number of rotatable bonds is 8. The molecule has 0 saturated heterocycles. The first-order valence-electron chi connectivity index (χ1n) is 7.94. The Kier molecular flexibility index (Phi) is 6.46. The smallest absolute Gasteiger partial charge is 0.299 e. The van der Waals surface area contributed by atoms with Crippen molar-refractivity contribution in [1.82, 2.24) is 14.9 Å². The zero-order valence-corrected chi connectivity index (χ0v) is 15.8. The van der Waals surface area contributed by atoms with E-state index in [9.17, 15) is 8.78 Å². The van der Waals surface area contributed by atoms with Crippen molar-refractivity contribution in [3.05, 3.63) is 58.8 Å². The molecule has 0 aliphatic carbocycles. The average molecular weight is 413 g/mol. The summed E-state index contributed by atoms with van der Waals surface area (Å²) in [6.45, 7) is 2.09. The van der Waals surface area contributed by atoms with E-state index in [1.54, 1.807) is 36.4 Å². The molecule has 0 amide bonds. The van der Waals surface area contributed by atoms with Crippen LogP contribution >= 0.6 is 23.4 Å². The Labute approximate surface area is 163 Å². The first-order chi connectivity index (χ1) is 13.1. The highest BCUT2D eigenvalue weighted by Crippen LogP contribution is 2.23. The van der Waals surface area contributed by atoms with Gasteiger partial charge in [-0.3, -0.25) is 0 Å². The molecule has 0 aliphatic rings. The number of aromatic nitrogens is 3. The maximum atomic E-state index is 13.0. The number of hydrogen-bond donors (Lipinski definition) is 0. The second-order valence-corrected chi connectivity index (χ2v) is 6.85. The highest BCUT2D eigenvalue weighted by atomic mass is 35.5. The summed E-state index contributed by atoms with van der Waals surface area (Å²) in [6, 6.07) is 10.3. The minimum atomic E-state index is -2.78. The molecule has 27 heavy (non-hydrogen) atoms. The number of benzene rings is 1. The summed E-state index contributed by atoms with van der Waals surface area (Å²) >= 11 is 7.09. The Hall–Kier alpha value is -2.39. The van der Waals surface area contributed by atoms with Gasteiger partial charge in [-0.15, -0.1) is 10.2 Å². The van der Waals surface area contributed by atoms with Gasteiger partial charge in [0.25, 0.3) is 6.43 Å². The van der Waals surface area contributed by atoms with Crippen molar-refractivity contribution in [2.45, 2.75) is 25.1 Å². The van der Waals surface area contributed by atoms with Gasteiger partial charge in [-0.05, 0) is 42.2 Å². The van der Waals surface area contributed by atoms with Crippen LogP contribution in [0.2, 0.25) is 5.02 Å². The minimum absolute atomic E-state index is 0.210. The van der Waals surface area contributed by atoms with E-state index in [1.165, 1.54) is 18.0 Å². The lowest BCUT2D eigenvalue weighted by molar-refractivity contribution is 0.135. The van der Waals surface area contributed by atoms with E-state index in [0.717, 1.165) is 4.68 Å². The molecule has 2 heterocycles. The predicted molar refractivity (Wildman–Crippen MR) is 98.9 cm³/mol. The zero-order chi connectivity index (χ0) is 19.2. The van der Waals surface area contributed by atoms with E-state index in [4.69, 9.17) is 20.8 Å². The van der Waals surface area contributed by atoms with Crippen molar-refractivity contribution in [3.63, 3.8) is 0 Å². The van der Waals surface area contributed by atoms with Crippen LogP contribution in [0, 0.1) is 0 Å². The molecule has 10 heteroatoms. The van der Waals surface area contributed by atoms with Crippen LogP contribution in [0.5, 0.6) is 5.75 Å². The molecule has 0 spiro atoms. The molecule has 3 rings (SSSR count). The molecule has 0 atom stereocenters. The lowest BCUT2D eigenvalue weighted by Gasteiger charge is -2.03. The fourth-order valence-corrected chi connectivity index (χ4v) is 2.83. The maximum absolute atomic E-state index is 13.0. The van der Waals surface area contributed by atoms with E-state index in [2.05, 4.69) is 15.3 Å². The number of furan rings is 1. The van der Waals surface area contributed by atoms with Crippen molar-refractivity contribution in [1.29, 1.82) is 0 Å². The molecule has 0 fully saturated rings. The van der Waals surface area contributed by atoms with Crippen LogP contribution in [0.25, 0.3) is 0 Å². The molecule has 3 aromatic rings. The molecular weight excluding hydrogens is 398 g/mol. The van der Waals surface area contributed by atoms with Crippen molar-refractivity contribution in [3.8, 4) is 5.75 Å². The van der Waals surface area contributed by atoms with Crippen LogP contribution in [0.15, 0.2) is 51.1 Å². The number of alkyl halides is 2. The van der Waals surface area contributed by atoms with Crippen molar-refractivity contribution < 1.29 is 17.9 Å². The fourth-order valence-electron chi connectivity index (χ4n) is 2.08. The zero-order valence-electron chi connectivity index (χ0n) is 14.2. The van der Waals surface area contributed by atoms with Gasteiger partial charge in [-0.25, -0.2) is 8.78 Å². The van der Waals surface area contributed by atoms with Gasteiger partial charge in [-0.2, -0.15) is 9.78 Å². The molecule has 0 N–H and O–H groups in total. The van der Waals surface area contributed by atoms with Gasteiger partial charge in [-0.1, -0.05) is 30.3 Å². The first-order valence-corrected chi connectivity index (χ1v) is 9.31. The molecule has 0 unspecified atom stereocenters. The van der Waals surface area contributed by atoms with Crippen LogP contribution in [0.4, 0.5) is 8.78 Å². The van der Waals surface area contributed by atoms with Gasteiger partial charge in [0.2, 0.25) is 11.0 Å². The Morgan fingerprint density at radius 2 is 2.04 bits per heavy atom. The summed E-state index contributed by atoms with van der Waals surface area (Å²) in [5.74, 6) is 1.75. The average Bonchev–Trinajstić information content (AvgIpc) is 3.26. The minimum Gasteiger partial charge on any atom is -0.486 e. The van der Waals surface area contributed by atoms with Crippen LogP contribution < -0.4 is 4.74 Å². The predicted octanol–water partition coefficient (Wildman–Crippen LogP) is 5.04. The Bertz CT molecular complexity index is 912. The quantitative estimate of drug-likeness (QED) is 0.383. The summed E-state index contributed by atoms with van der Waals surface area (Å²) in [7, 11) is 0. The summed E-state index contributed by atoms with van der Waals surface area (Å²) in [4.78, 5) is 0. The standard InChI is InChI=1S/C17H15ClF2N4O2S/c1-2-27-17-23-22-16(15(19)20)24(17)21-9-13-7-8-14(26-13)10-25-12-5-3-11(18)4-6-12/h3-9,15H,2,10H2,1H3. The maximum Gasteiger partial charge on any atom is 0.299 e. The molecule has 1 aromatic carbocycles. The topological polar surface area (TPSA) is 65.4 Å². The SMILES string of the molecule is CCSc1nnc(C(F)F)n1N=Cc1ccc(COc2ccc(Cl)cc2)o1. The van der Waals surface area contributed by atoms with E-state index in [-0.39, 0.29) is 6.61 Å². The summed E-state index contributed by atoms with van der Waals surface area (Å²) in [5.41, 5.74) is 0. The summed E-state index contributed by atoms with van der Waals surface area (Å²) in [5, 5.41) is 12.2. The largest absolute Gasteiger partial charge is 0.486 e. The number of ether oxygens (including phenoxy) is 1. The lowest BCUT2D eigenvalue weighted by atomic mass is 10.3. The van der Waals surface area contributed by atoms with Crippen LogP contribution in [0.1, 0.15) is 30.7 Å². The number of halogens is 3. The molecule has 0 radical (unpaired) electrons. The lowest BCUT2D eigenvalue weighted by Crippen LogP contribution is -2.00. The Morgan fingerprint density at radius 1 is 1.26 bits per heavy atom. The van der Waals surface area contributed by atoms with E-state index in [0.29, 0.717) is 33.2 Å². The first kappa shape index (κ1) is 19.4. The molecule has 0 saturated carbocycles. The second kappa shape index (κ2) is 9.01. The fraction of sp³-hybridized carbons (Fsp3) is 0.235. The number of hydrogen-bond acceptors (Lipinski definition) is 6.